The number of esters is 1. The number of hydrogen-bond donors (Lipinski definition) is 0. The fourth-order valence-corrected chi connectivity index (χ4v) is 2.19. The highest BCUT2D eigenvalue weighted by molar-refractivity contribution is 5.91. The Morgan fingerprint density at radius 3 is 2.65 bits per heavy atom. The SMILES string of the molecule is CCCc1cccc(-c2cc(F)cc(C(=O)OC)c2)c1. The molecule has 0 atom stereocenters. The van der Waals surface area contributed by atoms with Crippen LogP contribution >= 0.6 is 0 Å². The molecule has 3 heteroatoms. The quantitative estimate of drug-likeness (QED) is 0.778. The minimum atomic E-state index is -0.532. The van der Waals surface area contributed by atoms with Crippen molar-refractivity contribution in [2.75, 3.05) is 7.11 Å². The molecule has 0 unspecified atom stereocenters. The first kappa shape index (κ1) is 14.3. The Morgan fingerprint density at radius 2 is 1.95 bits per heavy atom. The van der Waals surface area contributed by atoms with Crippen LogP contribution in [-0.4, -0.2) is 13.1 Å². The summed E-state index contributed by atoms with van der Waals surface area (Å²) in [6, 6.07) is 12.2. The lowest BCUT2D eigenvalue weighted by Gasteiger charge is -2.07. The van der Waals surface area contributed by atoms with Gasteiger partial charge in [-0.3, -0.25) is 0 Å². The van der Waals surface area contributed by atoms with Gasteiger partial charge in [0.15, 0.2) is 0 Å². The molecule has 0 radical (unpaired) electrons. The maximum Gasteiger partial charge on any atom is 0.337 e. The molecule has 0 fully saturated rings. The molecule has 0 aliphatic rings. The lowest BCUT2D eigenvalue weighted by molar-refractivity contribution is 0.0600. The fraction of sp³-hybridized carbons (Fsp3) is 0.235. The Labute approximate surface area is 118 Å². The number of halogens is 1. The lowest BCUT2D eigenvalue weighted by atomic mass is 9.99. The number of ether oxygens (including phenoxy) is 1. The summed E-state index contributed by atoms with van der Waals surface area (Å²) in [7, 11) is 1.29. The van der Waals surface area contributed by atoms with E-state index in [1.807, 2.05) is 24.3 Å². The number of carbonyl (C=O) groups excluding carboxylic acids is 1. The van der Waals surface area contributed by atoms with Gasteiger partial charge in [0.2, 0.25) is 0 Å². The molecular formula is C17H17FO2. The van der Waals surface area contributed by atoms with Crippen LogP contribution in [0.1, 0.15) is 29.3 Å². The molecule has 0 spiro atoms. The van der Waals surface area contributed by atoms with Gasteiger partial charge < -0.3 is 4.74 Å². The maximum atomic E-state index is 13.7. The van der Waals surface area contributed by atoms with Gasteiger partial charge in [-0.15, -0.1) is 0 Å². The van der Waals surface area contributed by atoms with E-state index in [-0.39, 0.29) is 5.56 Å². The van der Waals surface area contributed by atoms with Crippen LogP contribution < -0.4 is 0 Å². The van der Waals surface area contributed by atoms with E-state index >= 15 is 0 Å². The molecule has 2 rings (SSSR count). The number of hydrogen-bond acceptors (Lipinski definition) is 2. The van der Waals surface area contributed by atoms with Crippen molar-refractivity contribution in [1.29, 1.82) is 0 Å². The van der Waals surface area contributed by atoms with E-state index in [1.165, 1.54) is 24.8 Å². The van der Waals surface area contributed by atoms with Crippen molar-refractivity contribution in [3.63, 3.8) is 0 Å². The molecule has 0 aromatic heterocycles. The topological polar surface area (TPSA) is 26.3 Å². The Kier molecular flexibility index (Phi) is 4.51. The summed E-state index contributed by atoms with van der Waals surface area (Å²) in [5.41, 5.74) is 3.02. The van der Waals surface area contributed by atoms with Gasteiger partial charge in [0.05, 0.1) is 12.7 Å². The molecular weight excluding hydrogens is 255 g/mol. The first-order chi connectivity index (χ1) is 9.63. The van der Waals surface area contributed by atoms with Gasteiger partial charge in [-0.05, 0) is 41.3 Å². The summed E-state index contributed by atoms with van der Waals surface area (Å²) in [6.45, 7) is 2.12. The van der Waals surface area contributed by atoms with E-state index < -0.39 is 11.8 Å². The summed E-state index contributed by atoms with van der Waals surface area (Å²) in [5, 5.41) is 0. The molecule has 0 N–H and O–H groups in total. The lowest BCUT2D eigenvalue weighted by Crippen LogP contribution is -2.02. The first-order valence-electron chi connectivity index (χ1n) is 6.62. The largest absolute Gasteiger partial charge is 0.465 e. The molecule has 0 heterocycles. The number of aryl methyl sites for hydroxylation is 1. The average Bonchev–Trinajstić information content (AvgIpc) is 2.46. The van der Waals surface area contributed by atoms with Crippen molar-refractivity contribution in [3.05, 3.63) is 59.4 Å². The summed E-state index contributed by atoms with van der Waals surface area (Å²) in [4.78, 5) is 11.5. The van der Waals surface area contributed by atoms with Gasteiger partial charge in [0, 0.05) is 0 Å². The summed E-state index contributed by atoms with van der Waals surface area (Å²) < 4.78 is 18.3. The Hall–Kier alpha value is -2.16. The Morgan fingerprint density at radius 1 is 1.15 bits per heavy atom. The van der Waals surface area contributed by atoms with Crippen LogP contribution in [0.3, 0.4) is 0 Å². The Bertz CT molecular complexity index is 620. The van der Waals surface area contributed by atoms with Gasteiger partial charge in [-0.25, -0.2) is 9.18 Å². The molecule has 2 nitrogen and oxygen atoms in total. The van der Waals surface area contributed by atoms with Gasteiger partial charge >= 0.3 is 5.97 Å². The van der Waals surface area contributed by atoms with Crippen molar-refractivity contribution < 1.29 is 13.9 Å². The zero-order chi connectivity index (χ0) is 14.5. The van der Waals surface area contributed by atoms with Crippen LogP contribution in [-0.2, 0) is 11.2 Å². The third-order valence-corrected chi connectivity index (χ3v) is 3.12. The van der Waals surface area contributed by atoms with E-state index in [4.69, 9.17) is 0 Å². The van der Waals surface area contributed by atoms with Crippen LogP contribution in [0, 0.1) is 5.82 Å². The third kappa shape index (κ3) is 3.23. The second-order valence-corrected chi connectivity index (χ2v) is 4.67. The number of rotatable bonds is 4. The number of methoxy groups -OCH3 is 1. The van der Waals surface area contributed by atoms with Crippen LogP contribution in [0.15, 0.2) is 42.5 Å². The number of carbonyl (C=O) groups is 1. The number of benzene rings is 2. The van der Waals surface area contributed by atoms with E-state index in [2.05, 4.69) is 11.7 Å². The second kappa shape index (κ2) is 6.33. The van der Waals surface area contributed by atoms with Gasteiger partial charge in [0.1, 0.15) is 5.82 Å². The standard InChI is InChI=1S/C17H17FO2/c1-3-5-12-6-4-7-13(8-12)14-9-15(17(19)20-2)11-16(18)10-14/h4,6-11H,3,5H2,1-2H3. The van der Waals surface area contributed by atoms with Crippen molar-refractivity contribution in [1.82, 2.24) is 0 Å². The van der Waals surface area contributed by atoms with E-state index in [9.17, 15) is 9.18 Å². The molecule has 0 bridgehead atoms. The molecule has 0 amide bonds. The summed E-state index contributed by atoms with van der Waals surface area (Å²) in [6.07, 6.45) is 2.03. The van der Waals surface area contributed by atoms with Crippen LogP contribution in [0.2, 0.25) is 0 Å². The molecule has 104 valence electrons. The summed E-state index contributed by atoms with van der Waals surface area (Å²) in [5.74, 6) is -0.973. The summed E-state index contributed by atoms with van der Waals surface area (Å²) >= 11 is 0. The monoisotopic (exact) mass is 272 g/mol. The molecule has 0 saturated carbocycles. The normalized spacial score (nSPS) is 10.3. The Balaban J connectivity index is 2.44. The molecule has 20 heavy (non-hydrogen) atoms. The van der Waals surface area contributed by atoms with Crippen molar-refractivity contribution in [3.8, 4) is 11.1 Å². The van der Waals surface area contributed by atoms with E-state index in [0.29, 0.717) is 5.56 Å². The molecule has 2 aromatic carbocycles. The highest BCUT2D eigenvalue weighted by atomic mass is 19.1. The van der Waals surface area contributed by atoms with E-state index in [1.54, 1.807) is 6.07 Å². The average molecular weight is 272 g/mol. The minimum Gasteiger partial charge on any atom is -0.465 e. The van der Waals surface area contributed by atoms with E-state index in [0.717, 1.165) is 18.4 Å². The smallest absolute Gasteiger partial charge is 0.337 e. The van der Waals surface area contributed by atoms with Crippen molar-refractivity contribution in [2.24, 2.45) is 0 Å². The van der Waals surface area contributed by atoms with Crippen LogP contribution in [0.5, 0.6) is 0 Å². The van der Waals surface area contributed by atoms with Gasteiger partial charge in [0.25, 0.3) is 0 Å². The van der Waals surface area contributed by atoms with Gasteiger partial charge in [-0.2, -0.15) is 0 Å². The molecule has 2 aromatic rings. The van der Waals surface area contributed by atoms with Gasteiger partial charge in [-0.1, -0.05) is 37.6 Å². The fourth-order valence-electron chi connectivity index (χ4n) is 2.19. The molecule has 0 aliphatic heterocycles. The van der Waals surface area contributed by atoms with Crippen molar-refractivity contribution >= 4 is 5.97 Å². The first-order valence-corrected chi connectivity index (χ1v) is 6.62. The van der Waals surface area contributed by atoms with Crippen LogP contribution in [0.25, 0.3) is 11.1 Å². The van der Waals surface area contributed by atoms with Crippen molar-refractivity contribution in [2.45, 2.75) is 19.8 Å². The molecule has 0 saturated heterocycles. The van der Waals surface area contributed by atoms with Crippen LogP contribution in [0.4, 0.5) is 4.39 Å². The predicted molar refractivity (Wildman–Crippen MR) is 77.2 cm³/mol. The zero-order valence-electron chi connectivity index (χ0n) is 11.7. The predicted octanol–water partition coefficient (Wildman–Crippen LogP) is 4.23. The maximum absolute atomic E-state index is 13.7. The highest BCUT2D eigenvalue weighted by Crippen LogP contribution is 2.24. The molecule has 0 aliphatic carbocycles. The zero-order valence-corrected chi connectivity index (χ0v) is 11.7. The third-order valence-electron chi connectivity index (χ3n) is 3.12. The minimum absolute atomic E-state index is 0.225. The highest BCUT2D eigenvalue weighted by Gasteiger charge is 2.10. The second-order valence-electron chi connectivity index (χ2n) is 4.67.